The molecule has 1 atom stereocenters. The van der Waals surface area contributed by atoms with E-state index in [1.54, 1.807) is 0 Å². The number of aromatic nitrogens is 2. The van der Waals surface area contributed by atoms with Gasteiger partial charge in [0.05, 0.1) is 18.1 Å². The third-order valence-corrected chi connectivity index (χ3v) is 3.76. The lowest BCUT2D eigenvalue weighted by molar-refractivity contribution is -0.0344. The lowest BCUT2D eigenvalue weighted by atomic mass is 9.91. The predicted molar refractivity (Wildman–Crippen MR) is 72.4 cm³/mol. The van der Waals surface area contributed by atoms with Gasteiger partial charge in [-0.1, -0.05) is 0 Å². The van der Waals surface area contributed by atoms with E-state index in [2.05, 4.69) is 41.8 Å². The van der Waals surface area contributed by atoms with Crippen LogP contribution in [0.15, 0.2) is 12.5 Å². The zero-order chi connectivity index (χ0) is 13.0. The highest BCUT2D eigenvalue weighted by molar-refractivity contribution is 4.99. The van der Waals surface area contributed by atoms with Gasteiger partial charge in [0.2, 0.25) is 0 Å². The van der Waals surface area contributed by atoms with E-state index in [-0.39, 0.29) is 5.54 Å². The highest BCUT2D eigenvalue weighted by Crippen LogP contribution is 2.23. The summed E-state index contributed by atoms with van der Waals surface area (Å²) in [6, 6.07) is 0. The third kappa shape index (κ3) is 3.33. The molecule has 102 valence electrons. The normalized spacial score (nSPS) is 21.2. The second kappa shape index (κ2) is 5.85. The van der Waals surface area contributed by atoms with Gasteiger partial charge in [0.1, 0.15) is 0 Å². The van der Waals surface area contributed by atoms with Crippen molar-refractivity contribution in [1.29, 1.82) is 0 Å². The van der Waals surface area contributed by atoms with Crippen molar-refractivity contribution in [3.8, 4) is 0 Å². The van der Waals surface area contributed by atoms with Crippen LogP contribution in [-0.4, -0.2) is 27.8 Å². The summed E-state index contributed by atoms with van der Waals surface area (Å²) in [7, 11) is 0. The Labute approximate surface area is 110 Å². The number of ether oxygens (including phenoxy) is 1. The first kappa shape index (κ1) is 13.6. The first-order valence-corrected chi connectivity index (χ1v) is 6.99. The molecule has 1 aromatic rings. The van der Waals surface area contributed by atoms with Crippen molar-refractivity contribution in [3.63, 3.8) is 0 Å². The van der Waals surface area contributed by atoms with Crippen LogP contribution >= 0.6 is 0 Å². The fourth-order valence-corrected chi connectivity index (χ4v) is 2.41. The molecule has 2 heterocycles. The van der Waals surface area contributed by atoms with Gasteiger partial charge in [-0.25, -0.2) is 4.98 Å². The van der Waals surface area contributed by atoms with E-state index in [9.17, 15) is 0 Å². The van der Waals surface area contributed by atoms with Gasteiger partial charge >= 0.3 is 0 Å². The van der Waals surface area contributed by atoms with E-state index in [1.165, 1.54) is 12.8 Å². The summed E-state index contributed by atoms with van der Waals surface area (Å²) in [5.74, 6) is 0. The summed E-state index contributed by atoms with van der Waals surface area (Å²) in [5.41, 5.74) is 1.11. The Morgan fingerprint density at radius 1 is 1.50 bits per heavy atom. The van der Waals surface area contributed by atoms with Gasteiger partial charge in [0, 0.05) is 31.4 Å². The molecule has 0 bridgehead atoms. The van der Waals surface area contributed by atoms with Crippen molar-refractivity contribution in [2.24, 2.45) is 0 Å². The van der Waals surface area contributed by atoms with Gasteiger partial charge in [-0.2, -0.15) is 0 Å². The Morgan fingerprint density at radius 2 is 2.33 bits per heavy atom. The minimum absolute atomic E-state index is 0.0103. The summed E-state index contributed by atoms with van der Waals surface area (Å²) in [4.78, 5) is 4.39. The number of hydrogen-bond acceptors (Lipinski definition) is 3. The maximum absolute atomic E-state index is 5.87. The zero-order valence-corrected chi connectivity index (χ0v) is 11.8. The molecular formula is C14H25N3O. The van der Waals surface area contributed by atoms with Crippen LogP contribution in [0.2, 0.25) is 0 Å². The quantitative estimate of drug-likeness (QED) is 0.873. The minimum Gasteiger partial charge on any atom is -0.376 e. The van der Waals surface area contributed by atoms with Crippen molar-refractivity contribution in [2.75, 3.05) is 6.61 Å². The van der Waals surface area contributed by atoms with Gasteiger partial charge in [-0.3, -0.25) is 0 Å². The highest BCUT2D eigenvalue weighted by Gasteiger charge is 2.31. The highest BCUT2D eigenvalue weighted by atomic mass is 16.5. The van der Waals surface area contributed by atoms with E-state index in [0.29, 0.717) is 6.10 Å². The fourth-order valence-electron chi connectivity index (χ4n) is 2.41. The Kier molecular flexibility index (Phi) is 4.40. The van der Waals surface area contributed by atoms with Crippen LogP contribution in [0, 0.1) is 0 Å². The molecule has 1 saturated heterocycles. The number of imidazole rings is 1. The second-order valence-electron chi connectivity index (χ2n) is 5.63. The maximum atomic E-state index is 5.87. The van der Waals surface area contributed by atoms with E-state index < -0.39 is 0 Å². The molecule has 1 aliphatic heterocycles. The molecule has 0 aliphatic carbocycles. The van der Waals surface area contributed by atoms with Crippen molar-refractivity contribution in [3.05, 3.63) is 18.2 Å². The van der Waals surface area contributed by atoms with Crippen LogP contribution in [0.4, 0.5) is 0 Å². The Balaban J connectivity index is 1.87. The van der Waals surface area contributed by atoms with Crippen molar-refractivity contribution in [1.82, 2.24) is 14.9 Å². The molecule has 0 amide bonds. The molecule has 0 radical (unpaired) electrons. The maximum Gasteiger partial charge on any atom is 0.0949 e. The van der Waals surface area contributed by atoms with Gasteiger partial charge in [0.25, 0.3) is 0 Å². The number of rotatable bonds is 5. The Hall–Kier alpha value is -0.870. The van der Waals surface area contributed by atoms with Crippen molar-refractivity contribution in [2.45, 2.75) is 64.8 Å². The van der Waals surface area contributed by atoms with E-state index in [0.717, 1.165) is 31.8 Å². The molecule has 1 aliphatic rings. The first-order valence-electron chi connectivity index (χ1n) is 6.99. The summed E-state index contributed by atoms with van der Waals surface area (Å²) >= 11 is 0. The first-order chi connectivity index (χ1) is 8.62. The monoisotopic (exact) mass is 251 g/mol. The topological polar surface area (TPSA) is 39.1 Å². The second-order valence-corrected chi connectivity index (χ2v) is 5.63. The fraction of sp³-hybridized carbons (Fsp3) is 0.786. The SMILES string of the molecule is CCn1cnc(CNC(C)(C)C2CCCCO2)c1. The van der Waals surface area contributed by atoms with Crippen molar-refractivity contribution < 1.29 is 4.74 Å². The van der Waals surface area contributed by atoms with Crippen LogP contribution in [0.1, 0.15) is 45.7 Å². The summed E-state index contributed by atoms with van der Waals surface area (Å²) in [5, 5.41) is 3.58. The lowest BCUT2D eigenvalue weighted by Crippen LogP contribution is -2.51. The van der Waals surface area contributed by atoms with Gasteiger partial charge in [0.15, 0.2) is 0 Å². The molecule has 1 aromatic heterocycles. The minimum atomic E-state index is 0.0103. The van der Waals surface area contributed by atoms with E-state index >= 15 is 0 Å². The van der Waals surface area contributed by atoms with Crippen LogP contribution in [0.25, 0.3) is 0 Å². The van der Waals surface area contributed by atoms with Gasteiger partial charge in [-0.15, -0.1) is 0 Å². The summed E-state index contributed by atoms with van der Waals surface area (Å²) in [6.45, 7) is 9.25. The molecule has 1 unspecified atom stereocenters. The molecule has 4 heteroatoms. The molecule has 0 spiro atoms. The predicted octanol–water partition coefficient (Wildman–Crippen LogP) is 2.34. The molecule has 18 heavy (non-hydrogen) atoms. The molecule has 1 fully saturated rings. The molecule has 2 rings (SSSR count). The van der Waals surface area contributed by atoms with Gasteiger partial charge < -0.3 is 14.6 Å². The van der Waals surface area contributed by atoms with E-state index in [1.807, 2.05) is 6.33 Å². The Bertz CT molecular complexity index is 367. The summed E-state index contributed by atoms with van der Waals surface area (Å²) in [6.07, 6.45) is 7.95. The molecule has 0 saturated carbocycles. The van der Waals surface area contributed by atoms with Crippen molar-refractivity contribution >= 4 is 0 Å². The largest absolute Gasteiger partial charge is 0.376 e. The zero-order valence-electron chi connectivity index (χ0n) is 11.8. The van der Waals surface area contributed by atoms with E-state index in [4.69, 9.17) is 4.74 Å². The average molecular weight is 251 g/mol. The smallest absolute Gasteiger partial charge is 0.0949 e. The summed E-state index contributed by atoms with van der Waals surface area (Å²) < 4.78 is 7.97. The average Bonchev–Trinajstić information content (AvgIpc) is 2.86. The van der Waals surface area contributed by atoms with Crippen LogP contribution in [0.3, 0.4) is 0 Å². The standard InChI is InChI=1S/C14H25N3O/c1-4-17-10-12(15-11-17)9-16-14(2,3)13-7-5-6-8-18-13/h10-11,13,16H,4-9H2,1-3H3. The van der Waals surface area contributed by atoms with Crippen LogP contribution < -0.4 is 5.32 Å². The number of nitrogens with zero attached hydrogens (tertiary/aromatic N) is 2. The molecule has 0 aromatic carbocycles. The number of aryl methyl sites for hydroxylation is 1. The molecule has 1 N–H and O–H groups in total. The Morgan fingerprint density at radius 3 is 2.94 bits per heavy atom. The number of nitrogens with one attached hydrogen (secondary N) is 1. The number of hydrogen-bond donors (Lipinski definition) is 1. The van der Waals surface area contributed by atoms with Crippen LogP contribution in [0.5, 0.6) is 0 Å². The van der Waals surface area contributed by atoms with Crippen LogP contribution in [-0.2, 0) is 17.8 Å². The third-order valence-electron chi connectivity index (χ3n) is 3.76. The lowest BCUT2D eigenvalue weighted by Gasteiger charge is -2.37. The molecule has 4 nitrogen and oxygen atoms in total. The molecular weight excluding hydrogens is 226 g/mol. The van der Waals surface area contributed by atoms with Gasteiger partial charge in [-0.05, 0) is 40.0 Å².